The molecule has 102 valence electrons. The van der Waals surface area contributed by atoms with Crippen LogP contribution in [0.3, 0.4) is 0 Å². The van der Waals surface area contributed by atoms with E-state index < -0.39 is 17.2 Å². The van der Waals surface area contributed by atoms with Gasteiger partial charge in [0.15, 0.2) is 5.01 Å². The minimum absolute atomic E-state index is 0.227. The van der Waals surface area contributed by atoms with Gasteiger partial charge in [-0.25, -0.2) is 10.4 Å². The van der Waals surface area contributed by atoms with Gasteiger partial charge in [0.05, 0.1) is 18.8 Å². The van der Waals surface area contributed by atoms with Crippen LogP contribution < -0.4 is 11.3 Å². The van der Waals surface area contributed by atoms with Gasteiger partial charge in [0.1, 0.15) is 0 Å². The molecule has 0 spiro atoms. The number of aromatic nitrogens is 1. The number of hydrogen-bond acceptors (Lipinski definition) is 6. The van der Waals surface area contributed by atoms with Gasteiger partial charge in [-0.05, 0) is 0 Å². The van der Waals surface area contributed by atoms with Gasteiger partial charge < -0.3 is 4.74 Å². The molecule has 3 N–H and O–H groups in total. The SMILES string of the molecule is NNC(c1cnc(C(F)(F)F)s1)C1CSCCO1. The molecular weight excluding hydrogens is 287 g/mol. The Morgan fingerprint density at radius 3 is 2.83 bits per heavy atom. The van der Waals surface area contributed by atoms with Gasteiger partial charge in [0, 0.05) is 22.6 Å². The quantitative estimate of drug-likeness (QED) is 0.658. The fourth-order valence-electron chi connectivity index (χ4n) is 1.63. The number of ether oxygens (including phenoxy) is 1. The van der Waals surface area contributed by atoms with Crippen molar-refractivity contribution >= 4 is 23.1 Å². The first-order valence-electron chi connectivity index (χ1n) is 5.21. The summed E-state index contributed by atoms with van der Waals surface area (Å²) in [5.74, 6) is 7.01. The van der Waals surface area contributed by atoms with Crippen LogP contribution in [0.4, 0.5) is 13.2 Å². The van der Waals surface area contributed by atoms with Crippen molar-refractivity contribution in [2.45, 2.75) is 18.3 Å². The zero-order chi connectivity index (χ0) is 13.2. The molecule has 4 nitrogen and oxygen atoms in total. The van der Waals surface area contributed by atoms with Gasteiger partial charge in [-0.3, -0.25) is 5.84 Å². The average Bonchev–Trinajstić information content (AvgIpc) is 2.81. The van der Waals surface area contributed by atoms with Crippen molar-refractivity contribution in [3.8, 4) is 0 Å². The first-order valence-corrected chi connectivity index (χ1v) is 7.18. The molecule has 2 unspecified atom stereocenters. The van der Waals surface area contributed by atoms with E-state index in [1.54, 1.807) is 11.8 Å². The van der Waals surface area contributed by atoms with E-state index in [9.17, 15) is 13.2 Å². The highest BCUT2D eigenvalue weighted by Crippen LogP contribution is 2.36. The predicted octanol–water partition coefficient (Wildman–Crippen LogP) is 1.80. The Labute approximate surface area is 110 Å². The number of nitrogens with two attached hydrogens (primary N) is 1. The van der Waals surface area contributed by atoms with Crippen LogP contribution in [0.2, 0.25) is 0 Å². The Kier molecular flexibility index (Phi) is 4.49. The van der Waals surface area contributed by atoms with E-state index in [1.165, 1.54) is 6.20 Å². The standard InChI is InChI=1S/C9H12F3N3OS2/c10-9(11,12)8-14-3-6(18-8)7(15-13)5-4-17-2-1-16-5/h3,5,7,15H,1-2,4,13H2. The second-order valence-electron chi connectivity index (χ2n) is 3.69. The van der Waals surface area contributed by atoms with E-state index in [1.807, 2.05) is 0 Å². The van der Waals surface area contributed by atoms with Crippen molar-refractivity contribution in [2.75, 3.05) is 18.1 Å². The van der Waals surface area contributed by atoms with Gasteiger partial charge >= 0.3 is 6.18 Å². The summed E-state index contributed by atoms with van der Waals surface area (Å²) < 4.78 is 42.9. The fourth-order valence-corrected chi connectivity index (χ4v) is 3.43. The second-order valence-corrected chi connectivity index (χ2v) is 5.91. The number of halogens is 3. The summed E-state index contributed by atoms with van der Waals surface area (Å²) in [6.07, 6.45) is -3.43. The van der Waals surface area contributed by atoms with Crippen molar-refractivity contribution < 1.29 is 17.9 Å². The number of alkyl halides is 3. The predicted molar refractivity (Wildman–Crippen MR) is 64.2 cm³/mol. The van der Waals surface area contributed by atoms with Crippen LogP contribution in [-0.2, 0) is 10.9 Å². The third-order valence-corrected chi connectivity index (χ3v) is 4.61. The number of hydrazine groups is 1. The van der Waals surface area contributed by atoms with Crippen LogP contribution in [0.1, 0.15) is 15.9 Å². The largest absolute Gasteiger partial charge is 0.443 e. The molecule has 1 saturated heterocycles. The van der Waals surface area contributed by atoms with Crippen LogP contribution in [0.15, 0.2) is 6.20 Å². The van der Waals surface area contributed by atoms with Crippen LogP contribution in [0.5, 0.6) is 0 Å². The van der Waals surface area contributed by atoms with Crippen molar-refractivity contribution in [2.24, 2.45) is 5.84 Å². The number of thioether (sulfide) groups is 1. The van der Waals surface area contributed by atoms with E-state index in [4.69, 9.17) is 10.6 Å². The summed E-state index contributed by atoms with van der Waals surface area (Å²) in [5.41, 5.74) is 2.52. The van der Waals surface area contributed by atoms with E-state index in [0.717, 1.165) is 5.75 Å². The number of hydrogen-bond donors (Lipinski definition) is 2. The van der Waals surface area contributed by atoms with Gasteiger partial charge in [-0.15, -0.1) is 11.3 Å². The Bertz CT molecular complexity index is 393. The van der Waals surface area contributed by atoms with Gasteiger partial charge in [-0.1, -0.05) is 0 Å². The first-order chi connectivity index (χ1) is 8.52. The highest BCUT2D eigenvalue weighted by molar-refractivity contribution is 7.99. The molecule has 1 aromatic heterocycles. The number of nitrogens with one attached hydrogen (secondary N) is 1. The molecule has 1 aromatic rings. The van der Waals surface area contributed by atoms with Gasteiger partial charge in [-0.2, -0.15) is 24.9 Å². The highest BCUT2D eigenvalue weighted by atomic mass is 32.2. The monoisotopic (exact) mass is 299 g/mol. The lowest BCUT2D eigenvalue weighted by molar-refractivity contribution is -0.137. The minimum atomic E-state index is -4.41. The maximum absolute atomic E-state index is 12.5. The lowest BCUT2D eigenvalue weighted by Gasteiger charge is -2.28. The van der Waals surface area contributed by atoms with Crippen LogP contribution in [0.25, 0.3) is 0 Å². The lowest BCUT2D eigenvalue weighted by atomic mass is 10.1. The first kappa shape index (κ1) is 14.1. The normalized spacial score (nSPS) is 23.0. The van der Waals surface area contributed by atoms with Gasteiger partial charge in [0.2, 0.25) is 0 Å². The number of rotatable bonds is 3. The van der Waals surface area contributed by atoms with Crippen molar-refractivity contribution in [1.82, 2.24) is 10.4 Å². The highest BCUT2D eigenvalue weighted by Gasteiger charge is 2.36. The summed E-state index contributed by atoms with van der Waals surface area (Å²) in [4.78, 5) is 3.83. The molecule has 0 aromatic carbocycles. The zero-order valence-electron chi connectivity index (χ0n) is 9.24. The molecule has 2 rings (SSSR count). The molecular formula is C9H12F3N3OS2. The summed E-state index contributed by atoms with van der Waals surface area (Å²) in [6, 6.07) is -0.452. The lowest BCUT2D eigenvalue weighted by Crippen LogP contribution is -2.40. The summed E-state index contributed by atoms with van der Waals surface area (Å²) in [6.45, 7) is 0.582. The van der Waals surface area contributed by atoms with Crippen LogP contribution >= 0.6 is 23.1 Å². The van der Waals surface area contributed by atoms with E-state index in [0.29, 0.717) is 28.6 Å². The van der Waals surface area contributed by atoms with Crippen molar-refractivity contribution in [3.05, 3.63) is 16.1 Å². The molecule has 0 radical (unpaired) electrons. The van der Waals surface area contributed by atoms with E-state index in [2.05, 4.69) is 10.4 Å². The maximum Gasteiger partial charge on any atom is 0.443 e. The Hall–Kier alpha value is -0.350. The number of nitrogens with zero attached hydrogens (tertiary/aromatic N) is 1. The summed E-state index contributed by atoms with van der Waals surface area (Å²) in [5, 5.41) is -0.860. The molecule has 1 fully saturated rings. The second kappa shape index (κ2) is 5.74. The van der Waals surface area contributed by atoms with E-state index in [-0.39, 0.29) is 6.10 Å². The van der Waals surface area contributed by atoms with Gasteiger partial charge in [0.25, 0.3) is 0 Å². The molecule has 0 aliphatic carbocycles. The number of thiazole rings is 1. The third kappa shape index (κ3) is 3.15. The molecule has 0 bridgehead atoms. The smallest absolute Gasteiger partial charge is 0.374 e. The molecule has 9 heteroatoms. The molecule has 2 heterocycles. The zero-order valence-corrected chi connectivity index (χ0v) is 10.9. The van der Waals surface area contributed by atoms with E-state index >= 15 is 0 Å². The average molecular weight is 299 g/mol. The Balaban J connectivity index is 2.14. The minimum Gasteiger partial charge on any atom is -0.374 e. The summed E-state index contributed by atoms with van der Waals surface area (Å²) in [7, 11) is 0. The fraction of sp³-hybridized carbons (Fsp3) is 0.667. The molecule has 2 atom stereocenters. The molecule has 0 amide bonds. The van der Waals surface area contributed by atoms with Crippen molar-refractivity contribution in [1.29, 1.82) is 0 Å². The molecule has 0 saturated carbocycles. The Morgan fingerprint density at radius 1 is 1.56 bits per heavy atom. The summed E-state index contributed by atoms with van der Waals surface area (Å²) >= 11 is 2.29. The molecule has 1 aliphatic rings. The third-order valence-electron chi connectivity index (χ3n) is 2.47. The molecule has 18 heavy (non-hydrogen) atoms. The van der Waals surface area contributed by atoms with Crippen molar-refractivity contribution in [3.63, 3.8) is 0 Å². The maximum atomic E-state index is 12.5. The molecule has 1 aliphatic heterocycles. The van der Waals surface area contributed by atoms with Crippen LogP contribution in [0, 0.1) is 0 Å². The topological polar surface area (TPSA) is 60.2 Å². The Morgan fingerprint density at radius 2 is 2.33 bits per heavy atom. The van der Waals surface area contributed by atoms with Crippen LogP contribution in [-0.4, -0.2) is 29.2 Å².